The third kappa shape index (κ3) is 4.19. The summed E-state index contributed by atoms with van der Waals surface area (Å²) in [5.74, 6) is 0.291. The van der Waals surface area contributed by atoms with Gasteiger partial charge in [0.1, 0.15) is 5.60 Å². The molecule has 1 aliphatic heterocycles. The maximum absolute atomic E-state index is 12.2. The van der Waals surface area contributed by atoms with E-state index < -0.39 is 5.60 Å². The van der Waals surface area contributed by atoms with Crippen LogP contribution < -0.4 is 4.74 Å². The molecule has 2 heterocycles. The molecule has 1 N–H and O–H groups in total. The summed E-state index contributed by atoms with van der Waals surface area (Å²) >= 11 is 0. The highest BCUT2D eigenvalue weighted by molar-refractivity contribution is 5.75. The van der Waals surface area contributed by atoms with Gasteiger partial charge in [0, 0.05) is 19.0 Å². The molecule has 1 fully saturated rings. The fourth-order valence-electron chi connectivity index (χ4n) is 2.89. The molecule has 0 radical (unpaired) electrons. The Morgan fingerprint density at radius 3 is 2.92 bits per heavy atom. The third-order valence-electron chi connectivity index (χ3n) is 3.99. The molecule has 130 valence electrons. The minimum absolute atomic E-state index is 0.240. The number of para-hydroxylation sites is 2. The molecule has 1 aliphatic rings. The number of likely N-dealkylation sites (tertiary alicyclic amines) is 1. The number of rotatable bonds is 3. The number of imidazole rings is 1. The number of hydrogen-bond acceptors (Lipinski definition) is 4. The molecule has 1 aromatic heterocycles. The standard InChI is InChI=1S/C18H25N3O3/c1-18(2,3)24-17(22)21-10-6-7-13(11-21)12-23-16-19-14-8-4-5-9-15(14)20-16/h4-5,8-9,13H,6-7,10-12H2,1-3H3,(H,19,20)/t13-/m0/s1. The molecule has 0 bridgehead atoms. The Morgan fingerprint density at radius 1 is 1.38 bits per heavy atom. The van der Waals surface area contributed by atoms with Crippen molar-refractivity contribution < 1.29 is 14.3 Å². The van der Waals surface area contributed by atoms with Crippen LogP contribution in [0, 0.1) is 5.92 Å². The van der Waals surface area contributed by atoms with Gasteiger partial charge in [-0.05, 0) is 45.7 Å². The van der Waals surface area contributed by atoms with Gasteiger partial charge in [0.15, 0.2) is 0 Å². The second-order valence-electron chi connectivity index (χ2n) is 7.30. The Balaban J connectivity index is 1.54. The monoisotopic (exact) mass is 331 g/mol. The normalized spacial score (nSPS) is 18.6. The predicted molar refractivity (Wildman–Crippen MR) is 92.1 cm³/mol. The van der Waals surface area contributed by atoms with Crippen molar-refractivity contribution in [3.8, 4) is 6.01 Å². The molecule has 0 aliphatic carbocycles. The number of amides is 1. The molecule has 2 aromatic rings. The SMILES string of the molecule is CC(C)(C)OC(=O)N1CCC[C@H](COc2nc3ccccc3[nH]2)C1. The summed E-state index contributed by atoms with van der Waals surface area (Å²) in [7, 11) is 0. The number of piperidine rings is 1. The first-order chi connectivity index (χ1) is 11.4. The molecule has 1 atom stereocenters. The number of ether oxygens (including phenoxy) is 2. The van der Waals surface area contributed by atoms with Gasteiger partial charge in [0.05, 0.1) is 17.6 Å². The quantitative estimate of drug-likeness (QED) is 0.933. The first kappa shape index (κ1) is 16.6. The molecular weight excluding hydrogens is 306 g/mol. The van der Waals surface area contributed by atoms with Crippen LogP contribution in [0.15, 0.2) is 24.3 Å². The van der Waals surface area contributed by atoms with E-state index in [1.807, 2.05) is 45.0 Å². The van der Waals surface area contributed by atoms with E-state index >= 15 is 0 Å². The van der Waals surface area contributed by atoms with Gasteiger partial charge in [0.2, 0.25) is 0 Å². The molecule has 6 heteroatoms. The molecule has 24 heavy (non-hydrogen) atoms. The predicted octanol–water partition coefficient (Wildman–Crippen LogP) is 3.59. The van der Waals surface area contributed by atoms with Gasteiger partial charge in [-0.25, -0.2) is 4.79 Å². The number of hydrogen-bond donors (Lipinski definition) is 1. The molecule has 1 aromatic carbocycles. The Hall–Kier alpha value is -2.24. The lowest BCUT2D eigenvalue weighted by Crippen LogP contribution is -2.44. The summed E-state index contributed by atoms with van der Waals surface area (Å²) in [5.41, 5.74) is 1.40. The van der Waals surface area contributed by atoms with E-state index in [-0.39, 0.29) is 6.09 Å². The number of nitrogens with one attached hydrogen (secondary N) is 1. The minimum Gasteiger partial charge on any atom is -0.464 e. The van der Waals surface area contributed by atoms with Crippen LogP contribution in [0.3, 0.4) is 0 Å². The van der Waals surface area contributed by atoms with E-state index in [9.17, 15) is 4.79 Å². The lowest BCUT2D eigenvalue weighted by molar-refractivity contribution is 0.0137. The molecule has 0 unspecified atom stereocenters. The van der Waals surface area contributed by atoms with Crippen LogP contribution in [0.4, 0.5) is 4.79 Å². The number of carbonyl (C=O) groups is 1. The molecule has 6 nitrogen and oxygen atoms in total. The largest absolute Gasteiger partial charge is 0.464 e. The number of carbonyl (C=O) groups excluding carboxylic acids is 1. The van der Waals surface area contributed by atoms with Crippen LogP contribution in [0.5, 0.6) is 6.01 Å². The van der Waals surface area contributed by atoms with E-state index in [0.29, 0.717) is 25.1 Å². The number of aromatic amines is 1. The molecule has 3 rings (SSSR count). The van der Waals surface area contributed by atoms with E-state index in [1.54, 1.807) is 4.90 Å². The number of aromatic nitrogens is 2. The van der Waals surface area contributed by atoms with Gasteiger partial charge >= 0.3 is 6.09 Å². The van der Waals surface area contributed by atoms with Gasteiger partial charge in [-0.1, -0.05) is 12.1 Å². The summed E-state index contributed by atoms with van der Waals surface area (Å²) in [6, 6.07) is 8.37. The van der Waals surface area contributed by atoms with Crippen molar-refractivity contribution in [2.24, 2.45) is 5.92 Å². The fraction of sp³-hybridized carbons (Fsp3) is 0.556. The number of nitrogens with zero attached hydrogens (tertiary/aromatic N) is 2. The van der Waals surface area contributed by atoms with E-state index in [4.69, 9.17) is 9.47 Å². The Morgan fingerprint density at radius 2 is 2.17 bits per heavy atom. The van der Waals surface area contributed by atoms with Crippen LogP contribution >= 0.6 is 0 Å². The van der Waals surface area contributed by atoms with Crippen molar-refractivity contribution in [2.45, 2.75) is 39.2 Å². The summed E-state index contributed by atoms with van der Waals surface area (Å²) < 4.78 is 11.3. The first-order valence-electron chi connectivity index (χ1n) is 8.46. The van der Waals surface area contributed by atoms with Crippen molar-refractivity contribution >= 4 is 17.1 Å². The molecule has 1 saturated heterocycles. The Kier molecular flexibility index (Phi) is 4.64. The lowest BCUT2D eigenvalue weighted by atomic mass is 9.99. The number of fused-ring (bicyclic) bond motifs is 1. The second kappa shape index (κ2) is 6.71. The maximum Gasteiger partial charge on any atom is 0.410 e. The first-order valence-corrected chi connectivity index (χ1v) is 8.46. The van der Waals surface area contributed by atoms with Gasteiger partial charge in [0.25, 0.3) is 6.01 Å². The van der Waals surface area contributed by atoms with Crippen LogP contribution in [0.1, 0.15) is 33.6 Å². The van der Waals surface area contributed by atoms with E-state index in [1.165, 1.54) is 0 Å². The van der Waals surface area contributed by atoms with Crippen molar-refractivity contribution in [2.75, 3.05) is 19.7 Å². The Bertz CT molecular complexity index is 672. The molecule has 0 saturated carbocycles. The fourth-order valence-corrected chi connectivity index (χ4v) is 2.89. The summed E-state index contributed by atoms with van der Waals surface area (Å²) in [4.78, 5) is 21.6. The number of H-pyrrole nitrogens is 1. The smallest absolute Gasteiger partial charge is 0.410 e. The number of benzene rings is 1. The zero-order valence-electron chi connectivity index (χ0n) is 14.5. The van der Waals surface area contributed by atoms with Crippen LogP contribution in [0.25, 0.3) is 11.0 Å². The maximum atomic E-state index is 12.2. The summed E-state index contributed by atoms with van der Waals surface area (Å²) in [6.07, 6.45) is 1.77. The van der Waals surface area contributed by atoms with Crippen LogP contribution in [0.2, 0.25) is 0 Å². The van der Waals surface area contributed by atoms with E-state index in [2.05, 4.69) is 9.97 Å². The average Bonchev–Trinajstić information content (AvgIpc) is 2.94. The lowest BCUT2D eigenvalue weighted by Gasteiger charge is -2.33. The molecule has 0 spiro atoms. The zero-order chi connectivity index (χ0) is 17.2. The van der Waals surface area contributed by atoms with Crippen molar-refractivity contribution in [3.05, 3.63) is 24.3 Å². The molecule has 1 amide bonds. The van der Waals surface area contributed by atoms with Crippen molar-refractivity contribution in [1.82, 2.24) is 14.9 Å². The highest BCUT2D eigenvalue weighted by Crippen LogP contribution is 2.21. The molecular formula is C18H25N3O3. The van der Waals surface area contributed by atoms with Crippen molar-refractivity contribution in [1.29, 1.82) is 0 Å². The third-order valence-corrected chi connectivity index (χ3v) is 3.99. The summed E-state index contributed by atoms with van der Waals surface area (Å²) in [5, 5.41) is 0. The van der Waals surface area contributed by atoms with Gasteiger partial charge < -0.3 is 19.4 Å². The topological polar surface area (TPSA) is 67.4 Å². The van der Waals surface area contributed by atoms with Crippen molar-refractivity contribution in [3.63, 3.8) is 0 Å². The minimum atomic E-state index is -0.463. The van der Waals surface area contributed by atoms with E-state index in [0.717, 1.165) is 30.4 Å². The van der Waals surface area contributed by atoms with Crippen LogP contribution in [-0.4, -0.2) is 46.3 Å². The second-order valence-corrected chi connectivity index (χ2v) is 7.30. The van der Waals surface area contributed by atoms with Gasteiger partial charge in [-0.2, -0.15) is 4.98 Å². The van der Waals surface area contributed by atoms with Gasteiger partial charge in [-0.3, -0.25) is 0 Å². The van der Waals surface area contributed by atoms with Gasteiger partial charge in [-0.15, -0.1) is 0 Å². The summed E-state index contributed by atoms with van der Waals surface area (Å²) in [6.45, 7) is 7.61. The van der Waals surface area contributed by atoms with Crippen LogP contribution in [-0.2, 0) is 4.74 Å². The average molecular weight is 331 g/mol. The zero-order valence-corrected chi connectivity index (χ0v) is 14.5. The highest BCUT2D eigenvalue weighted by atomic mass is 16.6. The highest BCUT2D eigenvalue weighted by Gasteiger charge is 2.28. The Labute approximate surface area is 142 Å².